The van der Waals surface area contributed by atoms with Gasteiger partial charge in [0.05, 0.1) is 10.2 Å². The monoisotopic (exact) mass is 427 g/mol. The van der Waals surface area contributed by atoms with Crippen molar-refractivity contribution in [1.82, 2.24) is 9.97 Å². The highest BCUT2D eigenvalue weighted by atomic mass is 32.1. The molecule has 3 heterocycles. The minimum Gasteiger partial charge on any atom is -0.355 e. The molecule has 31 heavy (non-hydrogen) atoms. The summed E-state index contributed by atoms with van der Waals surface area (Å²) in [5.41, 5.74) is 4.80. The fraction of sp³-hybridized carbons (Fsp3) is 0.269. The average Bonchev–Trinajstić information content (AvgIpc) is 3.28. The summed E-state index contributed by atoms with van der Waals surface area (Å²) in [6.45, 7) is 4.11. The molecule has 156 valence electrons. The van der Waals surface area contributed by atoms with Gasteiger partial charge in [0, 0.05) is 30.6 Å². The van der Waals surface area contributed by atoms with Gasteiger partial charge in [0.2, 0.25) is 0 Å². The van der Waals surface area contributed by atoms with Crippen molar-refractivity contribution in [3.05, 3.63) is 76.7 Å². The molecule has 0 bridgehead atoms. The van der Waals surface area contributed by atoms with E-state index in [1.165, 1.54) is 19.3 Å². The first kappa shape index (κ1) is 19.9. The maximum atomic E-state index is 12.8. The maximum absolute atomic E-state index is 12.8. The first-order chi connectivity index (χ1) is 15.2. The second kappa shape index (κ2) is 8.60. The van der Waals surface area contributed by atoms with Gasteiger partial charge in [0.25, 0.3) is 0 Å². The minimum absolute atomic E-state index is 0.129. The highest BCUT2D eigenvalue weighted by Crippen LogP contribution is 2.33. The molecule has 0 radical (unpaired) electrons. The zero-order valence-corrected chi connectivity index (χ0v) is 18.5. The second-order valence-corrected chi connectivity index (χ2v) is 9.14. The van der Waals surface area contributed by atoms with Gasteiger partial charge in [-0.05, 0) is 55.3 Å². The Bertz CT molecular complexity index is 1240. The number of nitrogens with zero attached hydrogens (tertiary/aromatic N) is 3. The molecule has 0 saturated carbocycles. The summed E-state index contributed by atoms with van der Waals surface area (Å²) in [5, 5.41) is 2.09. The predicted octanol–water partition coefficient (Wildman–Crippen LogP) is 6.08. The summed E-state index contributed by atoms with van der Waals surface area (Å²) in [6, 6.07) is 17.9. The topological polar surface area (TPSA) is 46.1 Å². The number of benzene rings is 2. The smallest absolute Gasteiger partial charge is 0.167 e. The van der Waals surface area contributed by atoms with Crippen LogP contribution in [0.25, 0.3) is 21.6 Å². The van der Waals surface area contributed by atoms with Crippen LogP contribution in [-0.4, -0.2) is 28.8 Å². The SMILES string of the molecule is Cc1cccc(C(=O)Cc2cccc(-c3nc(N4CCCCC4)c4sccc4n3)c2)c1. The van der Waals surface area contributed by atoms with Crippen LogP contribution in [0.1, 0.15) is 40.7 Å². The molecule has 2 aromatic carbocycles. The van der Waals surface area contributed by atoms with Gasteiger partial charge in [-0.2, -0.15) is 0 Å². The number of hydrogen-bond donors (Lipinski definition) is 0. The van der Waals surface area contributed by atoms with Crippen LogP contribution in [0.5, 0.6) is 0 Å². The van der Waals surface area contributed by atoms with Crippen LogP contribution < -0.4 is 4.90 Å². The van der Waals surface area contributed by atoms with E-state index in [0.29, 0.717) is 6.42 Å². The highest BCUT2D eigenvalue weighted by Gasteiger charge is 2.19. The number of Topliss-reactive ketones (excluding diaryl/α,β-unsaturated/α-hetero) is 1. The van der Waals surface area contributed by atoms with Crippen LogP contribution in [0.15, 0.2) is 60.0 Å². The number of thiophene rings is 1. The molecular weight excluding hydrogens is 402 g/mol. The molecule has 4 aromatic rings. The highest BCUT2D eigenvalue weighted by molar-refractivity contribution is 7.17. The minimum atomic E-state index is 0.129. The van der Waals surface area contributed by atoms with E-state index in [1.807, 2.05) is 49.4 Å². The molecule has 4 nitrogen and oxygen atoms in total. The van der Waals surface area contributed by atoms with Crippen molar-refractivity contribution in [1.29, 1.82) is 0 Å². The Balaban J connectivity index is 1.47. The third-order valence-corrected chi connectivity index (χ3v) is 6.73. The molecule has 0 atom stereocenters. The third-order valence-electron chi connectivity index (χ3n) is 5.83. The fourth-order valence-electron chi connectivity index (χ4n) is 4.22. The largest absolute Gasteiger partial charge is 0.355 e. The number of aryl methyl sites for hydroxylation is 1. The Morgan fingerprint density at radius 1 is 1.00 bits per heavy atom. The van der Waals surface area contributed by atoms with Gasteiger partial charge < -0.3 is 4.90 Å². The quantitative estimate of drug-likeness (QED) is 0.362. The first-order valence-corrected chi connectivity index (χ1v) is 11.7. The zero-order chi connectivity index (χ0) is 21.2. The lowest BCUT2D eigenvalue weighted by molar-refractivity contribution is 0.0993. The van der Waals surface area contributed by atoms with Crippen LogP contribution in [0, 0.1) is 6.92 Å². The molecule has 1 saturated heterocycles. The zero-order valence-electron chi connectivity index (χ0n) is 17.7. The van der Waals surface area contributed by atoms with E-state index in [0.717, 1.165) is 57.2 Å². The standard InChI is InChI=1S/C26H25N3OS/c1-18-7-5-9-20(15-18)23(30)17-19-8-6-10-21(16-19)25-27-22-11-14-31-24(22)26(28-25)29-12-3-2-4-13-29/h5-11,14-16H,2-4,12-13,17H2,1H3. The molecular formula is C26H25N3OS. The van der Waals surface area contributed by atoms with Crippen molar-refractivity contribution in [3.63, 3.8) is 0 Å². The number of ketones is 1. The number of hydrogen-bond acceptors (Lipinski definition) is 5. The lowest BCUT2D eigenvalue weighted by atomic mass is 10.00. The molecule has 0 amide bonds. The van der Waals surface area contributed by atoms with Gasteiger partial charge in [-0.1, -0.05) is 42.0 Å². The third kappa shape index (κ3) is 4.23. The van der Waals surface area contributed by atoms with Gasteiger partial charge in [-0.3, -0.25) is 4.79 Å². The van der Waals surface area contributed by atoms with Gasteiger partial charge in [-0.25, -0.2) is 9.97 Å². The lowest BCUT2D eigenvalue weighted by Crippen LogP contribution is -2.30. The fourth-order valence-corrected chi connectivity index (χ4v) is 5.07. The molecule has 1 aliphatic rings. The molecule has 5 heteroatoms. The Morgan fingerprint density at radius 2 is 1.84 bits per heavy atom. The van der Waals surface area contributed by atoms with Crippen LogP contribution >= 0.6 is 11.3 Å². The van der Waals surface area contributed by atoms with Gasteiger partial charge in [0.1, 0.15) is 0 Å². The van der Waals surface area contributed by atoms with Crippen LogP contribution in [-0.2, 0) is 6.42 Å². The van der Waals surface area contributed by atoms with Crippen molar-refractivity contribution in [3.8, 4) is 11.4 Å². The van der Waals surface area contributed by atoms with Crippen LogP contribution in [0.3, 0.4) is 0 Å². The van der Waals surface area contributed by atoms with Crippen LogP contribution in [0.4, 0.5) is 5.82 Å². The molecule has 1 fully saturated rings. The normalized spacial score (nSPS) is 14.2. The average molecular weight is 428 g/mol. The van der Waals surface area contributed by atoms with E-state index < -0.39 is 0 Å². The molecule has 1 aliphatic heterocycles. The van der Waals surface area contributed by atoms with E-state index in [-0.39, 0.29) is 5.78 Å². The molecule has 0 N–H and O–H groups in total. The number of fused-ring (bicyclic) bond motifs is 1. The lowest BCUT2D eigenvalue weighted by Gasteiger charge is -2.28. The molecule has 0 unspecified atom stereocenters. The van der Waals surface area contributed by atoms with E-state index >= 15 is 0 Å². The number of carbonyl (C=O) groups is 1. The molecule has 5 rings (SSSR count). The summed E-state index contributed by atoms with van der Waals surface area (Å²) < 4.78 is 1.16. The molecule has 0 spiro atoms. The summed E-state index contributed by atoms with van der Waals surface area (Å²) in [4.78, 5) is 25.0. The van der Waals surface area contributed by atoms with E-state index in [1.54, 1.807) is 11.3 Å². The number of piperidine rings is 1. The van der Waals surface area contributed by atoms with Crippen molar-refractivity contribution < 1.29 is 4.79 Å². The van der Waals surface area contributed by atoms with Gasteiger partial charge >= 0.3 is 0 Å². The summed E-state index contributed by atoms with van der Waals surface area (Å²) >= 11 is 1.71. The molecule has 2 aromatic heterocycles. The van der Waals surface area contributed by atoms with Crippen molar-refractivity contribution in [2.75, 3.05) is 18.0 Å². The summed E-state index contributed by atoms with van der Waals surface area (Å²) in [5.74, 6) is 1.91. The van der Waals surface area contributed by atoms with Crippen molar-refractivity contribution >= 4 is 33.2 Å². The van der Waals surface area contributed by atoms with Crippen LogP contribution in [0.2, 0.25) is 0 Å². The number of anilines is 1. The predicted molar refractivity (Wildman–Crippen MR) is 128 cm³/mol. The van der Waals surface area contributed by atoms with Gasteiger partial charge in [0.15, 0.2) is 17.4 Å². The second-order valence-electron chi connectivity index (χ2n) is 8.22. The Kier molecular flexibility index (Phi) is 5.51. The molecule has 0 aliphatic carbocycles. The summed E-state index contributed by atoms with van der Waals surface area (Å²) in [7, 11) is 0. The number of carbonyl (C=O) groups excluding carboxylic acids is 1. The first-order valence-electron chi connectivity index (χ1n) is 10.9. The van der Waals surface area contributed by atoms with Gasteiger partial charge in [-0.15, -0.1) is 11.3 Å². The Hall–Kier alpha value is -3.05. The maximum Gasteiger partial charge on any atom is 0.167 e. The number of aromatic nitrogens is 2. The van der Waals surface area contributed by atoms with Crippen molar-refractivity contribution in [2.24, 2.45) is 0 Å². The van der Waals surface area contributed by atoms with E-state index in [2.05, 4.69) is 22.4 Å². The Morgan fingerprint density at radius 3 is 2.68 bits per heavy atom. The Labute approximate surface area is 186 Å². The van der Waals surface area contributed by atoms with Crippen molar-refractivity contribution in [2.45, 2.75) is 32.6 Å². The number of rotatable bonds is 5. The van der Waals surface area contributed by atoms with E-state index in [4.69, 9.17) is 9.97 Å². The summed E-state index contributed by atoms with van der Waals surface area (Å²) in [6.07, 6.45) is 4.08. The van der Waals surface area contributed by atoms with E-state index in [9.17, 15) is 4.79 Å².